The van der Waals surface area contributed by atoms with Gasteiger partial charge in [0.25, 0.3) is 10.0 Å². The van der Waals surface area contributed by atoms with Crippen LogP contribution in [0.3, 0.4) is 0 Å². The molecule has 1 aromatic rings. The second-order valence-electron chi connectivity index (χ2n) is 2.86. The van der Waals surface area contributed by atoms with Gasteiger partial charge in [-0.1, -0.05) is 0 Å². The van der Waals surface area contributed by atoms with Crippen molar-refractivity contribution in [3.63, 3.8) is 0 Å². The minimum atomic E-state index is -3.71. The van der Waals surface area contributed by atoms with Gasteiger partial charge in [0.2, 0.25) is 5.91 Å². The Balaban J connectivity index is 2.87. The molecule has 82 valence electrons. The van der Waals surface area contributed by atoms with Crippen LogP contribution in [-0.2, 0) is 14.8 Å². The van der Waals surface area contributed by atoms with E-state index in [2.05, 4.69) is 0 Å². The molecule has 0 bridgehead atoms. The number of amides is 1. The van der Waals surface area contributed by atoms with Crippen LogP contribution in [0, 0.1) is 0 Å². The first kappa shape index (κ1) is 11.5. The van der Waals surface area contributed by atoms with Crippen molar-refractivity contribution in [3.8, 4) is 0 Å². The summed E-state index contributed by atoms with van der Waals surface area (Å²) in [6, 6.07) is 5.61. The van der Waals surface area contributed by atoms with Crippen LogP contribution in [0.5, 0.6) is 0 Å². The lowest BCUT2D eigenvalue weighted by Gasteiger charge is -2.06. The predicted octanol–water partition coefficient (Wildman–Crippen LogP) is -0.402. The second-order valence-corrected chi connectivity index (χ2v) is 4.54. The van der Waals surface area contributed by atoms with Crippen molar-refractivity contribution in [3.05, 3.63) is 24.3 Å². The molecule has 0 spiro atoms. The lowest BCUT2D eigenvalue weighted by Crippen LogP contribution is -2.40. The molecule has 1 amide bonds. The van der Waals surface area contributed by atoms with Gasteiger partial charge in [-0.05, 0) is 24.3 Å². The van der Waals surface area contributed by atoms with Crippen LogP contribution in [0.25, 0.3) is 0 Å². The summed E-state index contributed by atoms with van der Waals surface area (Å²) in [5, 5.41) is 0. The summed E-state index contributed by atoms with van der Waals surface area (Å²) in [4.78, 5) is 12.5. The molecule has 0 aliphatic rings. The van der Waals surface area contributed by atoms with Gasteiger partial charge < -0.3 is 5.73 Å². The summed E-state index contributed by atoms with van der Waals surface area (Å²) < 4.78 is 23.0. The summed E-state index contributed by atoms with van der Waals surface area (Å²) in [7, 11) is -3.71. The number of hydrogen-bond donors (Lipinski definition) is 3. The number of hydrogen-bond acceptors (Lipinski definition) is 4. The van der Waals surface area contributed by atoms with Gasteiger partial charge in [0, 0.05) is 12.6 Å². The molecule has 15 heavy (non-hydrogen) atoms. The van der Waals surface area contributed by atoms with E-state index < -0.39 is 15.9 Å². The van der Waals surface area contributed by atoms with Crippen molar-refractivity contribution in [1.29, 1.82) is 0 Å². The number of carbonyl (C=O) groups is 1. The molecular formula is C8H11N3O3S. The number of anilines is 1. The Morgan fingerprint density at radius 1 is 1.27 bits per heavy atom. The van der Waals surface area contributed by atoms with E-state index in [-0.39, 0.29) is 4.90 Å². The highest BCUT2D eigenvalue weighted by Crippen LogP contribution is 2.10. The highest BCUT2D eigenvalue weighted by atomic mass is 32.2. The zero-order chi connectivity index (χ0) is 11.5. The third-order valence-corrected chi connectivity index (χ3v) is 2.82. The molecule has 0 aromatic heterocycles. The number of carbonyl (C=O) groups excluding carboxylic acids is 1. The smallest absolute Gasteiger partial charge is 0.257 e. The number of nitrogen functional groups attached to an aromatic ring is 1. The third kappa shape index (κ3) is 3.22. The zero-order valence-electron chi connectivity index (χ0n) is 8.02. The minimum Gasteiger partial charge on any atom is -0.399 e. The van der Waals surface area contributed by atoms with E-state index in [4.69, 9.17) is 5.73 Å². The van der Waals surface area contributed by atoms with Crippen LogP contribution in [0.2, 0.25) is 0 Å². The molecule has 0 fully saturated rings. The molecule has 0 atom stereocenters. The standard InChI is InChI=1S/C8H11N3O3S/c1-6(12)10-11-15(13,14)8-4-2-7(9)3-5-8/h2-5,11H,9H2,1H3,(H,10,12). The maximum absolute atomic E-state index is 11.5. The molecule has 0 aliphatic heterocycles. The van der Waals surface area contributed by atoms with Crippen LogP contribution in [-0.4, -0.2) is 14.3 Å². The molecule has 4 N–H and O–H groups in total. The first-order valence-electron chi connectivity index (χ1n) is 4.06. The molecule has 1 aromatic carbocycles. The van der Waals surface area contributed by atoms with Gasteiger partial charge >= 0.3 is 0 Å². The monoisotopic (exact) mass is 229 g/mol. The van der Waals surface area contributed by atoms with Crippen LogP contribution in [0.4, 0.5) is 5.69 Å². The van der Waals surface area contributed by atoms with Crippen molar-refractivity contribution in [2.75, 3.05) is 5.73 Å². The summed E-state index contributed by atoms with van der Waals surface area (Å²) in [5.74, 6) is -0.492. The fourth-order valence-electron chi connectivity index (χ4n) is 0.845. The number of rotatable bonds is 3. The summed E-state index contributed by atoms with van der Waals surface area (Å²) >= 11 is 0. The highest BCUT2D eigenvalue weighted by Gasteiger charge is 2.13. The normalized spacial score (nSPS) is 11.0. The summed E-state index contributed by atoms with van der Waals surface area (Å²) in [6.45, 7) is 1.20. The van der Waals surface area contributed by atoms with Gasteiger partial charge in [-0.25, -0.2) is 8.42 Å². The Labute approximate surface area is 87.5 Å². The lowest BCUT2D eigenvalue weighted by molar-refractivity contribution is -0.119. The Morgan fingerprint density at radius 3 is 2.27 bits per heavy atom. The Bertz CT molecular complexity index is 453. The lowest BCUT2D eigenvalue weighted by atomic mass is 10.3. The first-order chi connectivity index (χ1) is 6.92. The Kier molecular flexibility index (Phi) is 3.28. The minimum absolute atomic E-state index is 0.0328. The van der Waals surface area contributed by atoms with Crippen LogP contribution >= 0.6 is 0 Å². The van der Waals surface area contributed by atoms with E-state index in [9.17, 15) is 13.2 Å². The van der Waals surface area contributed by atoms with Crippen molar-refractivity contribution in [2.45, 2.75) is 11.8 Å². The first-order valence-corrected chi connectivity index (χ1v) is 5.54. The van der Waals surface area contributed by atoms with Gasteiger partial charge in [0.05, 0.1) is 4.90 Å². The molecule has 0 heterocycles. The fraction of sp³-hybridized carbons (Fsp3) is 0.125. The quantitative estimate of drug-likeness (QED) is 0.484. The van der Waals surface area contributed by atoms with Crippen LogP contribution in [0.1, 0.15) is 6.92 Å². The van der Waals surface area contributed by atoms with Crippen molar-refractivity contribution in [1.82, 2.24) is 10.3 Å². The highest BCUT2D eigenvalue weighted by molar-refractivity contribution is 7.89. The average Bonchev–Trinajstić information content (AvgIpc) is 2.16. The zero-order valence-corrected chi connectivity index (χ0v) is 8.84. The maximum atomic E-state index is 11.5. The molecule has 0 unspecified atom stereocenters. The van der Waals surface area contributed by atoms with Crippen LogP contribution < -0.4 is 16.0 Å². The van der Waals surface area contributed by atoms with Gasteiger partial charge in [-0.3, -0.25) is 10.2 Å². The molecular weight excluding hydrogens is 218 g/mol. The summed E-state index contributed by atoms with van der Waals surface area (Å²) in [5.41, 5.74) is 7.86. The Hall–Kier alpha value is -1.60. The molecule has 0 aliphatic carbocycles. The number of sulfonamides is 1. The average molecular weight is 229 g/mol. The maximum Gasteiger partial charge on any atom is 0.257 e. The number of hydrazine groups is 1. The molecule has 0 radical (unpaired) electrons. The molecule has 7 heteroatoms. The fourth-order valence-corrected chi connectivity index (χ4v) is 1.74. The largest absolute Gasteiger partial charge is 0.399 e. The van der Waals surface area contributed by atoms with Crippen molar-refractivity contribution >= 4 is 21.6 Å². The van der Waals surface area contributed by atoms with Gasteiger partial charge in [0.15, 0.2) is 0 Å². The van der Waals surface area contributed by atoms with Gasteiger partial charge in [-0.2, -0.15) is 0 Å². The van der Waals surface area contributed by atoms with E-state index in [0.29, 0.717) is 5.69 Å². The topological polar surface area (TPSA) is 101 Å². The molecule has 6 nitrogen and oxygen atoms in total. The van der Waals surface area contributed by atoms with Gasteiger partial charge in [-0.15, -0.1) is 4.83 Å². The van der Waals surface area contributed by atoms with Crippen molar-refractivity contribution < 1.29 is 13.2 Å². The summed E-state index contributed by atoms with van der Waals surface area (Å²) in [6.07, 6.45) is 0. The van der Waals surface area contributed by atoms with E-state index in [1.54, 1.807) is 0 Å². The number of nitrogens with two attached hydrogens (primary N) is 1. The number of benzene rings is 1. The van der Waals surface area contributed by atoms with E-state index in [1.165, 1.54) is 31.2 Å². The molecule has 1 rings (SSSR count). The Morgan fingerprint density at radius 2 is 1.80 bits per heavy atom. The SMILES string of the molecule is CC(=O)NNS(=O)(=O)c1ccc(N)cc1. The third-order valence-electron chi connectivity index (χ3n) is 1.55. The van der Waals surface area contributed by atoms with Crippen molar-refractivity contribution in [2.24, 2.45) is 0 Å². The predicted molar refractivity (Wildman–Crippen MR) is 55.0 cm³/mol. The van der Waals surface area contributed by atoms with E-state index in [1.807, 2.05) is 10.3 Å². The van der Waals surface area contributed by atoms with E-state index >= 15 is 0 Å². The second kappa shape index (κ2) is 4.28. The molecule has 0 saturated carbocycles. The van der Waals surface area contributed by atoms with Crippen LogP contribution in [0.15, 0.2) is 29.2 Å². The van der Waals surface area contributed by atoms with E-state index in [0.717, 1.165) is 0 Å². The molecule has 0 saturated heterocycles. The van der Waals surface area contributed by atoms with Gasteiger partial charge in [0.1, 0.15) is 0 Å². The number of nitrogens with one attached hydrogen (secondary N) is 2.